The van der Waals surface area contributed by atoms with Crippen LogP contribution in [0.2, 0.25) is 0 Å². The quantitative estimate of drug-likeness (QED) is 0.560. The minimum Gasteiger partial charge on any atom is -0.370 e. The SMILES string of the molecule is CC1CC(N2CC(N=C(N)N)C2)CC(C)(C)C1. The average Bonchev–Trinajstić information content (AvgIpc) is 2.06. The summed E-state index contributed by atoms with van der Waals surface area (Å²) in [5, 5.41) is 0. The van der Waals surface area contributed by atoms with Gasteiger partial charge in [0.05, 0.1) is 6.04 Å². The summed E-state index contributed by atoms with van der Waals surface area (Å²) in [7, 11) is 0. The lowest BCUT2D eigenvalue weighted by Gasteiger charge is -2.49. The molecule has 0 aromatic heterocycles. The van der Waals surface area contributed by atoms with Gasteiger partial charge >= 0.3 is 0 Å². The van der Waals surface area contributed by atoms with E-state index >= 15 is 0 Å². The Labute approximate surface area is 104 Å². The van der Waals surface area contributed by atoms with Crippen molar-refractivity contribution in [2.75, 3.05) is 13.1 Å². The first-order valence-corrected chi connectivity index (χ1v) is 6.68. The predicted molar refractivity (Wildman–Crippen MR) is 71.8 cm³/mol. The maximum atomic E-state index is 5.40. The molecule has 1 aliphatic heterocycles. The van der Waals surface area contributed by atoms with Crippen LogP contribution in [0.4, 0.5) is 0 Å². The predicted octanol–water partition coefficient (Wildman–Crippen LogP) is 1.16. The van der Waals surface area contributed by atoms with Crippen LogP contribution in [-0.4, -0.2) is 36.0 Å². The lowest BCUT2D eigenvalue weighted by atomic mass is 9.70. The van der Waals surface area contributed by atoms with Gasteiger partial charge in [-0.3, -0.25) is 4.90 Å². The highest BCUT2D eigenvalue weighted by molar-refractivity contribution is 5.76. The van der Waals surface area contributed by atoms with Gasteiger partial charge in [0.15, 0.2) is 5.96 Å². The third-order valence-corrected chi connectivity index (χ3v) is 4.10. The fourth-order valence-electron chi connectivity index (χ4n) is 3.65. The summed E-state index contributed by atoms with van der Waals surface area (Å²) < 4.78 is 0. The van der Waals surface area contributed by atoms with Crippen molar-refractivity contribution in [3.63, 3.8) is 0 Å². The van der Waals surface area contributed by atoms with Crippen molar-refractivity contribution in [2.45, 2.75) is 52.1 Å². The van der Waals surface area contributed by atoms with Gasteiger partial charge < -0.3 is 11.5 Å². The molecule has 0 bridgehead atoms. The molecular formula is C13H26N4. The van der Waals surface area contributed by atoms with Crippen LogP contribution in [-0.2, 0) is 0 Å². The summed E-state index contributed by atoms with van der Waals surface area (Å²) in [6.45, 7) is 9.23. The molecule has 0 spiro atoms. The lowest BCUT2D eigenvalue weighted by Crippen LogP contribution is -2.57. The molecule has 2 aliphatic rings. The molecule has 2 atom stereocenters. The van der Waals surface area contributed by atoms with E-state index in [-0.39, 0.29) is 5.96 Å². The second-order valence-electron chi connectivity index (χ2n) is 6.73. The number of rotatable bonds is 2. The number of nitrogens with zero attached hydrogens (tertiary/aromatic N) is 2. The summed E-state index contributed by atoms with van der Waals surface area (Å²) in [6, 6.07) is 1.07. The normalized spacial score (nSPS) is 34.1. The smallest absolute Gasteiger partial charge is 0.186 e. The van der Waals surface area contributed by atoms with Gasteiger partial charge in [-0.25, -0.2) is 4.99 Å². The van der Waals surface area contributed by atoms with E-state index in [0.717, 1.165) is 25.0 Å². The molecule has 0 amide bonds. The molecule has 98 valence electrons. The highest BCUT2D eigenvalue weighted by Crippen LogP contribution is 2.41. The Kier molecular flexibility index (Phi) is 3.34. The monoisotopic (exact) mass is 238 g/mol. The number of guanidine groups is 1. The largest absolute Gasteiger partial charge is 0.370 e. The molecule has 1 heterocycles. The third kappa shape index (κ3) is 3.12. The fourth-order valence-corrected chi connectivity index (χ4v) is 3.65. The lowest BCUT2D eigenvalue weighted by molar-refractivity contribution is 0.0195. The maximum absolute atomic E-state index is 5.40. The second-order valence-corrected chi connectivity index (χ2v) is 6.73. The average molecular weight is 238 g/mol. The summed E-state index contributed by atoms with van der Waals surface area (Å²) in [5.74, 6) is 1.07. The summed E-state index contributed by atoms with van der Waals surface area (Å²) >= 11 is 0. The Morgan fingerprint density at radius 1 is 1.24 bits per heavy atom. The Balaban J connectivity index is 1.86. The van der Waals surface area contributed by atoms with Gasteiger partial charge in [0, 0.05) is 19.1 Å². The van der Waals surface area contributed by atoms with Gasteiger partial charge in [0.25, 0.3) is 0 Å². The molecule has 1 saturated heterocycles. The van der Waals surface area contributed by atoms with Crippen molar-refractivity contribution in [1.82, 2.24) is 4.90 Å². The minimum absolute atomic E-state index is 0.229. The van der Waals surface area contributed by atoms with Crippen LogP contribution >= 0.6 is 0 Å². The van der Waals surface area contributed by atoms with Crippen LogP contribution in [0.25, 0.3) is 0 Å². The van der Waals surface area contributed by atoms with Crippen LogP contribution in [0, 0.1) is 11.3 Å². The van der Waals surface area contributed by atoms with Crippen LogP contribution in [0.1, 0.15) is 40.0 Å². The third-order valence-electron chi connectivity index (χ3n) is 4.10. The topological polar surface area (TPSA) is 67.6 Å². The number of likely N-dealkylation sites (tertiary alicyclic amines) is 1. The molecule has 0 radical (unpaired) electrons. The van der Waals surface area contributed by atoms with E-state index in [2.05, 4.69) is 30.7 Å². The Hall–Kier alpha value is -0.770. The van der Waals surface area contributed by atoms with E-state index in [1.807, 2.05) is 0 Å². The molecule has 0 aromatic carbocycles. The molecule has 4 nitrogen and oxygen atoms in total. The summed E-state index contributed by atoms with van der Waals surface area (Å²) in [6.07, 6.45) is 4.00. The highest BCUT2D eigenvalue weighted by Gasteiger charge is 2.39. The Bertz CT molecular complexity index is 301. The van der Waals surface area contributed by atoms with Crippen molar-refractivity contribution in [3.8, 4) is 0 Å². The van der Waals surface area contributed by atoms with E-state index in [9.17, 15) is 0 Å². The van der Waals surface area contributed by atoms with Gasteiger partial charge in [-0.1, -0.05) is 20.8 Å². The molecule has 4 N–H and O–H groups in total. The first-order valence-electron chi connectivity index (χ1n) is 6.68. The molecule has 1 aliphatic carbocycles. The van der Waals surface area contributed by atoms with Crippen molar-refractivity contribution >= 4 is 5.96 Å². The zero-order valence-corrected chi connectivity index (χ0v) is 11.3. The van der Waals surface area contributed by atoms with Gasteiger partial charge in [0.1, 0.15) is 0 Å². The van der Waals surface area contributed by atoms with E-state index < -0.39 is 0 Å². The van der Waals surface area contributed by atoms with Crippen LogP contribution in [0.15, 0.2) is 4.99 Å². The van der Waals surface area contributed by atoms with Crippen molar-refractivity contribution < 1.29 is 0 Å². The van der Waals surface area contributed by atoms with Crippen molar-refractivity contribution in [2.24, 2.45) is 27.8 Å². The highest BCUT2D eigenvalue weighted by atomic mass is 15.3. The van der Waals surface area contributed by atoms with Gasteiger partial charge in [-0.05, 0) is 30.6 Å². The Morgan fingerprint density at radius 3 is 2.41 bits per heavy atom. The molecule has 0 aromatic rings. The molecule has 1 saturated carbocycles. The molecule has 17 heavy (non-hydrogen) atoms. The molecule has 2 unspecified atom stereocenters. The zero-order chi connectivity index (χ0) is 12.6. The zero-order valence-electron chi connectivity index (χ0n) is 11.3. The Morgan fingerprint density at radius 2 is 1.88 bits per heavy atom. The first kappa shape index (κ1) is 12.7. The van der Waals surface area contributed by atoms with Gasteiger partial charge in [0.2, 0.25) is 0 Å². The van der Waals surface area contributed by atoms with E-state index in [1.165, 1.54) is 19.3 Å². The maximum Gasteiger partial charge on any atom is 0.186 e. The summed E-state index contributed by atoms with van der Waals surface area (Å²) in [4.78, 5) is 6.76. The fraction of sp³-hybridized carbons (Fsp3) is 0.923. The van der Waals surface area contributed by atoms with E-state index in [0.29, 0.717) is 11.5 Å². The number of hydrogen-bond acceptors (Lipinski definition) is 2. The number of hydrogen-bond donors (Lipinski definition) is 2. The molecule has 4 heteroatoms. The number of nitrogens with two attached hydrogens (primary N) is 2. The van der Waals surface area contributed by atoms with E-state index in [4.69, 9.17) is 11.5 Å². The van der Waals surface area contributed by atoms with E-state index in [1.54, 1.807) is 0 Å². The van der Waals surface area contributed by atoms with Crippen LogP contribution < -0.4 is 11.5 Å². The van der Waals surface area contributed by atoms with Crippen LogP contribution in [0.3, 0.4) is 0 Å². The first-order chi connectivity index (χ1) is 7.85. The second kappa shape index (κ2) is 4.48. The van der Waals surface area contributed by atoms with Gasteiger partial charge in [-0.15, -0.1) is 0 Å². The molecule has 2 rings (SSSR count). The summed E-state index contributed by atoms with van der Waals surface area (Å²) in [5.41, 5.74) is 11.3. The standard InChI is InChI=1S/C13H26N4/c1-9-4-11(6-13(2,3)5-9)17-7-10(8-17)16-12(14)15/h9-11H,4-8H2,1-3H3,(H4,14,15,16). The molecular weight excluding hydrogens is 212 g/mol. The van der Waals surface area contributed by atoms with Crippen LogP contribution in [0.5, 0.6) is 0 Å². The number of aliphatic imine (C=N–C) groups is 1. The van der Waals surface area contributed by atoms with Crippen molar-refractivity contribution in [1.29, 1.82) is 0 Å². The molecule has 2 fully saturated rings. The van der Waals surface area contributed by atoms with Gasteiger partial charge in [-0.2, -0.15) is 0 Å². The van der Waals surface area contributed by atoms with Crippen molar-refractivity contribution in [3.05, 3.63) is 0 Å². The minimum atomic E-state index is 0.229.